The molecule has 2 N–H and O–H groups in total. The Labute approximate surface area is 163 Å². The average Bonchev–Trinajstić information content (AvgIpc) is 2.61. The summed E-state index contributed by atoms with van der Waals surface area (Å²) in [7, 11) is -1.74. The molecule has 1 heterocycles. The maximum Gasteiger partial charge on any atom is 0.335 e. The van der Waals surface area contributed by atoms with Crippen LogP contribution in [0.25, 0.3) is 11.3 Å². The summed E-state index contributed by atoms with van der Waals surface area (Å²) in [5, 5.41) is 9.28. The molecule has 138 valence electrons. The topological polar surface area (TPSA) is 92.2 Å². The van der Waals surface area contributed by atoms with Crippen LogP contribution in [0.15, 0.2) is 53.4 Å². The predicted molar refractivity (Wildman–Crippen MR) is 105 cm³/mol. The van der Waals surface area contributed by atoms with Crippen LogP contribution < -0.4 is 4.72 Å². The molecule has 0 saturated carbocycles. The first-order valence-electron chi connectivity index (χ1n) is 7.98. The predicted octanol–water partition coefficient (Wildman–Crippen LogP) is 4.25. The second kappa shape index (κ2) is 7.85. The monoisotopic (exact) mass is 401 g/mol. The van der Waals surface area contributed by atoms with Crippen LogP contribution in [0, 0.1) is 13.8 Å². The van der Waals surface area contributed by atoms with E-state index in [9.17, 15) is 9.00 Å². The number of anilines is 1. The number of aryl methyl sites for hydroxylation is 2. The van der Waals surface area contributed by atoms with Gasteiger partial charge in [0.1, 0.15) is 5.15 Å². The third-order valence-corrected chi connectivity index (χ3v) is 5.15. The van der Waals surface area contributed by atoms with Gasteiger partial charge in [0.05, 0.1) is 16.2 Å². The Morgan fingerprint density at radius 2 is 1.74 bits per heavy atom. The van der Waals surface area contributed by atoms with Crippen molar-refractivity contribution in [2.45, 2.75) is 18.7 Å². The minimum atomic E-state index is -1.74. The average molecular weight is 402 g/mol. The van der Waals surface area contributed by atoms with E-state index in [1.54, 1.807) is 12.1 Å². The molecule has 0 fully saturated rings. The van der Waals surface area contributed by atoms with Gasteiger partial charge in [-0.15, -0.1) is 0 Å². The molecule has 2 aromatic carbocycles. The molecule has 0 aliphatic carbocycles. The number of halogens is 1. The molecule has 0 spiro atoms. The summed E-state index contributed by atoms with van der Waals surface area (Å²) in [6.45, 7) is 3.95. The quantitative estimate of drug-likeness (QED) is 0.623. The van der Waals surface area contributed by atoms with Gasteiger partial charge in [0, 0.05) is 11.6 Å². The lowest BCUT2D eigenvalue weighted by Crippen LogP contribution is -2.09. The first-order valence-corrected chi connectivity index (χ1v) is 9.51. The van der Waals surface area contributed by atoms with Crippen molar-refractivity contribution in [2.75, 3.05) is 4.72 Å². The lowest BCUT2D eigenvalue weighted by atomic mass is 10.00. The highest BCUT2D eigenvalue weighted by atomic mass is 35.5. The van der Waals surface area contributed by atoms with Crippen LogP contribution in [0.2, 0.25) is 5.15 Å². The molecule has 1 aromatic heterocycles. The van der Waals surface area contributed by atoms with E-state index in [0.717, 1.165) is 16.7 Å². The van der Waals surface area contributed by atoms with Gasteiger partial charge < -0.3 is 5.11 Å². The van der Waals surface area contributed by atoms with E-state index in [0.29, 0.717) is 10.6 Å². The van der Waals surface area contributed by atoms with E-state index in [1.165, 1.54) is 18.2 Å². The van der Waals surface area contributed by atoms with Crippen LogP contribution in [0.4, 0.5) is 5.95 Å². The number of carboxylic acid groups (broad SMARTS) is 1. The molecule has 27 heavy (non-hydrogen) atoms. The molecule has 0 aliphatic rings. The minimum absolute atomic E-state index is 0.0471. The maximum absolute atomic E-state index is 12.6. The highest BCUT2D eigenvalue weighted by Gasteiger charge is 2.13. The highest BCUT2D eigenvalue weighted by Crippen LogP contribution is 2.28. The van der Waals surface area contributed by atoms with E-state index < -0.39 is 17.0 Å². The fourth-order valence-corrected chi connectivity index (χ4v) is 3.69. The van der Waals surface area contributed by atoms with Crippen LogP contribution in [0.3, 0.4) is 0 Å². The fourth-order valence-electron chi connectivity index (χ4n) is 2.70. The summed E-state index contributed by atoms with van der Waals surface area (Å²) in [6, 6.07) is 13.4. The number of hydrogen-bond donors (Lipinski definition) is 2. The molecular formula is C19H16ClN3O3S. The van der Waals surface area contributed by atoms with Gasteiger partial charge in [0.25, 0.3) is 0 Å². The van der Waals surface area contributed by atoms with Gasteiger partial charge in [-0.25, -0.2) is 19.0 Å². The number of rotatable bonds is 5. The smallest absolute Gasteiger partial charge is 0.335 e. The van der Waals surface area contributed by atoms with Gasteiger partial charge in [-0.1, -0.05) is 35.9 Å². The minimum Gasteiger partial charge on any atom is -0.478 e. The van der Waals surface area contributed by atoms with Gasteiger partial charge in [-0.05, 0) is 43.2 Å². The Bertz CT molecular complexity index is 1040. The molecule has 8 heteroatoms. The van der Waals surface area contributed by atoms with E-state index in [-0.39, 0.29) is 16.7 Å². The molecule has 3 rings (SSSR count). The summed E-state index contributed by atoms with van der Waals surface area (Å²) in [6.07, 6.45) is 0. The molecule has 0 saturated heterocycles. The highest BCUT2D eigenvalue weighted by molar-refractivity contribution is 7.86. The van der Waals surface area contributed by atoms with Crippen molar-refractivity contribution < 1.29 is 14.1 Å². The molecule has 1 unspecified atom stereocenters. The number of benzene rings is 2. The van der Waals surface area contributed by atoms with E-state index >= 15 is 0 Å². The Hall–Kier alpha value is -2.77. The number of nitrogens with one attached hydrogen (secondary N) is 1. The Morgan fingerprint density at radius 3 is 2.41 bits per heavy atom. The van der Waals surface area contributed by atoms with Crippen molar-refractivity contribution >= 4 is 34.5 Å². The lowest BCUT2D eigenvalue weighted by molar-refractivity contribution is 0.0696. The first kappa shape index (κ1) is 19.0. The molecule has 0 amide bonds. The third-order valence-electron chi connectivity index (χ3n) is 3.91. The number of nitrogens with zero attached hydrogens (tertiary/aromatic N) is 2. The summed E-state index contributed by atoms with van der Waals surface area (Å²) in [5.41, 5.74) is 3.66. The summed E-state index contributed by atoms with van der Waals surface area (Å²) in [5.74, 6) is -0.996. The van der Waals surface area contributed by atoms with E-state index in [1.807, 2.05) is 32.0 Å². The van der Waals surface area contributed by atoms with Crippen LogP contribution in [-0.2, 0) is 11.0 Å². The van der Waals surface area contributed by atoms with Crippen molar-refractivity contribution in [3.8, 4) is 11.3 Å². The Morgan fingerprint density at radius 1 is 1.07 bits per heavy atom. The normalized spacial score (nSPS) is 11.8. The van der Waals surface area contributed by atoms with E-state index in [2.05, 4.69) is 14.7 Å². The summed E-state index contributed by atoms with van der Waals surface area (Å²) in [4.78, 5) is 19.9. The Kier molecular flexibility index (Phi) is 5.53. The molecule has 1 atom stereocenters. The zero-order valence-corrected chi connectivity index (χ0v) is 16.1. The second-order valence-electron chi connectivity index (χ2n) is 5.87. The number of aromatic carboxylic acids is 1. The summed E-state index contributed by atoms with van der Waals surface area (Å²) >= 11 is 6.13. The second-order valence-corrected chi connectivity index (χ2v) is 7.47. The molecule has 0 bridgehead atoms. The molecular weight excluding hydrogens is 386 g/mol. The van der Waals surface area contributed by atoms with Crippen LogP contribution >= 0.6 is 11.6 Å². The third kappa shape index (κ3) is 4.32. The molecule has 3 aromatic rings. The van der Waals surface area contributed by atoms with Crippen molar-refractivity contribution in [1.82, 2.24) is 9.97 Å². The maximum atomic E-state index is 12.6. The van der Waals surface area contributed by atoms with Crippen LogP contribution in [-0.4, -0.2) is 25.3 Å². The molecule has 0 radical (unpaired) electrons. The zero-order chi connectivity index (χ0) is 19.6. The number of aromatic nitrogens is 2. The first-order chi connectivity index (χ1) is 12.8. The van der Waals surface area contributed by atoms with Gasteiger partial charge in [-0.2, -0.15) is 0 Å². The standard InChI is InChI=1S/C19H16ClN3O3S/c1-11-5-3-6-12(2)17(11)15-10-16(20)22-19(21-15)23-27(26)14-8-4-7-13(9-14)18(24)25/h3-10H,1-2H3,(H,24,25)(H,21,22,23). The molecule has 6 nitrogen and oxygen atoms in total. The Balaban J connectivity index is 1.94. The molecule has 0 aliphatic heterocycles. The largest absolute Gasteiger partial charge is 0.478 e. The summed E-state index contributed by atoms with van der Waals surface area (Å²) < 4.78 is 15.3. The van der Waals surface area contributed by atoms with Gasteiger partial charge in [0.2, 0.25) is 5.95 Å². The van der Waals surface area contributed by atoms with Gasteiger partial charge >= 0.3 is 5.97 Å². The van der Waals surface area contributed by atoms with Crippen molar-refractivity contribution in [1.29, 1.82) is 0 Å². The van der Waals surface area contributed by atoms with Crippen molar-refractivity contribution in [2.24, 2.45) is 0 Å². The zero-order valence-electron chi connectivity index (χ0n) is 14.6. The number of carboxylic acids is 1. The van der Waals surface area contributed by atoms with Crippen molar-refractivity contribution in [3.05, 3.63) is 70.4 Å². The van der Waals surface area contributed by atoms with E-state index in [4.69, 9.17) is 16.7 Å². The van der Waals surface area contributed by atoms with Crippen LogP contribution in [0.1, 0.15) is 21.5 Å². The lowest BCUT2D eigenvalue weighted by Gasteiger charge is -2.11. The fraction of sp³-hybridized carbons (Fsp3) is 0.105. The van der Waals surface area contributed by atoms with Gasteiger partial charge in [0.15, 0.2) is 11.0 Å². The van der Waals surface area contributed by atoms with Crippen molar-refractivity contribution in [3.63, 3.8) is 0 Å². The number of carbonyl (C=O) groups is 1. The SMILES string of the molecule is Cc1cccc(C)c1-c1cc(Cl)nc(NS(=O)c2cccc(C(=O)O)c2)n1. The van der Waals surface area contributed by atoms with Gasteiger partial charge in [-0.3, -0.25) is 4.72 Å². The number of hydrogen-bond acceptors (Lipinski definition) is 4. The van der Waals surface area contributed by atoms with Crippen LogP contribution in [0.5, 0.6) is 0 Å².